The van der Waals surface area contributed by atoms with Gasteiger partial charge in [-0.2, -0.15) is 0 Å². The van der Waals surface area contributed by atoms with Gasteiger partial charge in [0, 0.05) is 19.6 Å². The number of rotatable bonds is 9. The Kier molecular flexibility index (Phi) is 7.79. The lowest BCUT2D eigenvalue weighted by Crippen LogP contribution is -2.18. The number of benzene rings is 7. The molecular formula is C48H42N6. The Balaban J connectivity index is 1.18. The fraction of sp³-hybridized carbons (Fsp3) is 0.188. The van der Waals surface area contributed by atoms with Gasteiger partial charge in [-0.25, -0.2) is 15.0 Å². The van der Waals surface area contributed by atoms with E-state index < -0.39 is 0 Å². The van der Waals surface area contributed by atoms with Gasteiger partial charge in [0.15, 0.2) is 0 Å². The summed E-state index contributed by atoms with van der Waals surface area (Å²) in [7, 11) is 0. The van der Waals surface area contributed by atoms with Gasteiger partial charge in [-0.3, -0.25) is 0 Å². The minimum atomic E-state index is 0.760. The molecule has 0 aliphatic rings. The van der Waals surface area contributed by atoms with E-state index in [-0.39, 0.29) is 0 Å². The monoisotopic (exact) mass is 702 g/mol. The highest BCUT2D eigenvalue weighted by Crippen LogP contribution is 2.35. The van der Waals surface area contributed by atoms with E-state index in [1.165, 1.54) is 82.2 Å². The van der Waals surface area contributed by atoms with Gasteiger partial charge in [-0.1, -0.05) is 93.6 Å². The Labute approximate surface area is 314 Å². The molecule has 6 nitrogen and oxygen atoms in total. The van der Waals surface area contributed by atoms with Crippen LogP contribution in [0.4, 0.5) is 0 Å². The Morgan fingerprint density at radius 2 is 0.611 bits per heavy atom. The smallest absolute Gasteiger partial charge is 0.0961 e. The maximum Gasteiger partial charge on any atom is 0.0961 e. The molecule has 3 aromatic heterocycles. The predicted octanol–water partition coefficient (Wildman–Crippen LogP) is 11.0. The van der Waals surface area contributed by atoms with Gasteiger partial charge < -0.3 is 13.7 Å². The van der Waals surface area contributed by atoms with Crippen molar-refractivity contribution in [3.8, 4) is 0 Å². The molecule has 0 amide bonds. The SMILES string of the molecule is CCc1c(Cn2cnc3cc4ccccc4cc32)c(CC)c(Cn2cnc3cc4ccccc4cc32)c(CC)c1Cn1cnc2cc3ccccc3cc21. The zero-order chi connectivity index (χ0) is 36.3. The topological polar surface area (TPSA) is 53.5 Å². The molecule has 6 heteroatoms. The summed E-state index contributed by atoms with van der Waals surface area (Å²) in [5.74, 6) is 0. The summed E-state index contributed by atoms with van der Waals surface area (Å²) >= 11 is 0. The zero-order valence-electron chi connectivity index (χ0n) is 31.1. The minimum absolute atomic E-state index is 0.760. The third-order valence-corrected chi connectivity index (χ3v) is 11.7. The predicted molar refractivity (Wildman–Crippen MR) is 224 cm³/mol. The molecule has 0 fully saturated rings. The molecule has 0 saturated carbocycles. The van der Waals surface area contributed by atoms with E-state index in [9.17, 15) is 0 Å². The molecule has 264 valence electrons. The Morgan fingerprint density at radius 1 is 0.352 bits per heavy atom. The lowest BCUT2D eigenvalue weighted by Gasteiger charge is -2.27. The Bertz CT molecular complexity index is 2700. The van der Waals surface area contributed by atoms with Crippen LogP contribution in [0.3, 0.4) is 0 Å². The molecule has 3 heterocycles. The highest BCUT2D eigenvalue weighted by atomic mass is 15.1. The van der Waals surface area contributed by atoms with Crippen LogP contribution in [0, 0.1) is 0 Å². The molecule has 0 spiro atoms. The van der Waals surface area contributed by atoms with Crippen molar-refractivity contribution in [2.75, 3.05) is 0 Å². The minimum Gasteiger partial charge on any atom is -0.326 e. The van der Waals surface area contributed by atoms with Crippen molar-refractivity contribution in [1.82, 2.24) is 28.7 Å². The molecule has 7 aromatic carbocycles. The third kappa shape index (κ3) is 5.27. The average molecular weight is 703 g/mol. The first-order chi connectivity index (χ1) is 26.6. The molecule has 0 aliphatic carbocycles. The Hall–Kier alpha value is -6.27. The van der Waals surface area contributed by atoms with Crippen LogP contribution >= 0.6 is 0 Å². The maximum absolute atomic E-state index is 4.93. The van der Waals surface area contributed by atoms with Gasteiger partial charge in [0.25, 0.3) is 0 Å². The van der Waals surface area contributed by atoms with Crippen molar-refractivity contribution < 1.29 is 0 Å². The third-order valence-electron chi connectivity index (χ3n) is 11.7. The molecule has 0 radical (unpaired) electrons. The Morgan fingerprint density at radius 3 is 0.870 bits per heavy atom. The average Bonchev–Trinajstić information content (AvgIpc) is 3.91. The first-order valence-electron chi connectivity index (χ1n) is 19.3. The van der Waals surface area contributed by atoms with Crippen molar-refractivity contribution in [3.05, 3.63) is 162 Å². The highest BCUT2D eigenvalue weighted by Gasteiger charge is 2.24. The summed E-state index contributed by atoms with van der Waals surface area (Å²) in [5, 5.41) is 7.36. The standard InChI is InChI=1S/C48H42N6/c1-4-37-40(25-52-28-49-43-19-31-13-7-10-16-34(31)22-46(43)52)38(5-2)42(27-54-30-51-45-21-33-15-9-12-18-36(33)24-48(45)54)39(6-3)41(37)26-53-29-50-44-20-32-14-8-11-17-35(32)23-47(44)53/h7-24,28-30H,4-6,25-27H2,1-3H3. The summed E-state index contributed by atoms with van der Waals surface area (Å²) in [6, 6.07) is 39.4. The molecule has 0 saturated heterocycles. The molecule has 0 N–H and O–H groups in total. The van der Waals surface area contributed by atoms with E-state index in [1.807, 2.05) is 19.0 Å². The second-order valence-corrected chi connectivity index (χ2v) is 14.6. The molecule has 10 aromatic rings. The first kappa shape index (κ1) is 32.4. The summed E-state index contributed by atoms with van der Waals surface area (Å²) in [4.78, 5) is 14.8. The number of imidazole rings is 3. The quantitative estimate of drug-likeness (QED) is 0.150. The van der Waals surface area contributed by atoms with Crippen LogP contribution in [-0.2, 0) is 38.9 Å². The van der Waals surface area contributed by atoms with Crippen LogP contribution < -0.4 is 0 Å². The second-order valence-electron chi connectivity index (χ2n) is 14.6. The fourth-order valence-electron chi connectivity index (χ4n) is 9.07. The van der Waals surface area contributed by atoms with Crippen LogP contribution in [-0.4, -0.2) is 28.7 Å². The zero-order valence-corrected chi connectivity index (χ0v) is 31.1. The first-order valence-corrected chi connectivity index (χ1v) is 19.3. The van der Waals surface area contributed by atoms with Gasteiger partial charge in [-0.05, 0) is 121 Å². The van der Waals surface area contributed by atoms with Gasteiger partial charge >= 0.3 is 0 Å². The molecular weight excluding hydrogens is 661 g/mol. The van der Waals surface area contributed by atoms with Crippen molar-refractivity contribution in [2.24, 2.45) is 0 Å². The molecule has 0 atom stereocenters. The van der Waals surface area contributed by atoms with E-state index in [0.717, 1.165) is 55.4 Å². The molecule has 0 bridgehead atoms. The van der Waals surface area contributed by atoms with Gasteiger partial charge in [0.05, 0.1) is 52.1 Å². The lowest BCUT2D eigenvalue weighted by atomic mass is 9.83. The van der Waals surface area contributed by atoms with E-state index in [1.54, 1.807) is 0 Å². The summed E-state index contributed by atoms with van der Waals surface area (Å²) < 4.78 is 7.10. The van der Waals surface area contributed by atoms with Crippen LogP contribution in [0.1, 0.15) is 54.2 Å². The number of hydrogen-bond acceptors (Lipinski definition) is 3. The van der Waals surface area contributed by atoms with E-state index in [4.69, 9.17) is 15.0 Å². The molecule has 10 rings (SSSR count). The largest absolute Gasteiger partial charge is 0.326 e. The summed E-state index contributed by atoms with van der Waals surface area (Å²) in [6.45, 7) is 9.26. The normalized spacial score (nSPS) is 12.1. The van der Waals surface area contributed by atoms with Crippen molar-refractivity contribution in [1.29, 1.82) is 0 Å². The van der Waals surface area contributed by atoms with Crippen LogP contribution in [0.25, 0.3) is 65.4 Å². The van der Waals surface area contributed by atoms with Crippen LogP contribution in [0.2, 0.25) is 0 Å². The summed E-state index contributed by atoms with van der Waals surface area (Å²) in [6.07, 6.45) is 8.94. The second kappa shape index (κ2) is 13.0. The molecule has 0 unspecified atom stereocenters. The number of nitrogens with zero attached hydrogens (tertiary/aromatic N) is 6. The van der Waals surface area contributed by atoms with Crippen molar-refractivity contribution in [3.63, 3.8) is 0 Å². The van der Waals surface area contributed by atoms with Crippen LogP contribution in [0.5, 0.6) is 0 Å². The maximum atomic E-state index is 4.93. The van der Waals surface area contributed by atoms with Gasteiger partial charge in [0.1, 0.15) is 0 Å². The lowest BCUT2D eigenvalue weighted by molar-refractivity contribution is 0.734. The highest BCUT2D eigenvalue weighted by molar-refractivity contribution is 5.97. The van der Waals surface area contributed by atoms with E-state index in [2.05, 4.69) is 144 Å². The number of aromatic nitrogens is 6. The van der Waals surface area contributed by atoms with E-state index in [0.29, 0.717) is 0 Å². The van der Waals surface area contributed by atoms with Crippen molar-refractivity contribution in [2.45, 2.75) is 59.7 Å². The summed E-state index contributed by atoms with van der Waals surface area (Å²) in [5.41, 5.74) is 15.2. The molecule has 0 aliphatic heterocycles. The number of fused-ring (bicyclic) bond motifs is 6. The fourth-order valence-corrected chi connectivity index (χ4v) is 9.07. The van der Waals surface area contributed by atoms with E-state index >= 15 is 0 Å². The van der Waals surface area contributed by atoms with Gasteiger partial charge in [-0.15, -0.1) is 0 Å². The van der Waals surface area contributed by atoms with Crippen LogP contribution in [0.15, 0.2) is 128 Å². The molecule has 54 heavy (non-hydrogen) atoms. The van der Waals surface area contributed by atoms with Gasteiger partial charge in [0.2, 0.25) is 0 Å². The van der Waals surface area contributed by atoms with Crippen molar-refractivity contribution >= 4 is 65.4 Å². The number of hydrogen-bond donors (Lipinski definition) is 0.